The number of rotatable bonds is 3. The second-order valence-corrected chi connectivity index (χ2v) is 11.1. The van der Waals surface area contributed by atoms with E-state index in [-0.39, 0.29) is 7.43 Å². The minimum Gasteiger partial charge on any atom is -0.127 e. The Balaban J connectivity index is 0. The van der Waals surface area contributed by atoms with Crippen molar-refractivity contribution in [2.75, 3.05) is 5.88 Å². The molecule has 0 fully saturated rings. The smallest absolute Gasteiger partial charge is 0.127 e. The van der Waals surface area contributed by atoms with Crippen LogP contribution in [0.2, 0.25) is 6.04 Å². The molecule has 58 valence electrons. The van der Waals surface area contributed by atoms with Gasteiger partial charge in [-0.25, -0.2) is 0 Å². The van der Waals surface area contributed by atoms with Crippen molar-refractivity contribution in [2.24, 2.45) is 0 Å². The van der Waals surface area contributed by atoms with E-state index < -0.39 is 6.00 Å². The first-order chi connectivity index (χ1) is 3.56. The highest BCUT2D eigenvalue weighted by atomic mass is 35.8. The van der Waals surface area contributed by atoms with Crippen LogP contribution in [-0.2, 0) is 0 Å². The van der Waals surface area contributed by atoms with Crippen molar-refractivity contribution in [1.29, 1.82) is 0 Å². The molecule has 0 saturated heterocycles. The fraction of sp³-hybridized carbons (Fsp3) is 1.00. The zero-order chi connectivity index (χ0) is 6.62. The van der Waals surface area contributed by atoms with Gasteiger partial charge in [0, 0.05) is 5.88 Å². The SMILES string of the molecule is C.ClCCC[Si](Cl)(Cl)Cl. The van der Waals surface area contributed by atoms with Crippen LogP contribution in [0, 0.1) is 0 Å². The fourth-order valence-electron chi connectivity index (χ4n) is 0.267. The maximum absolute atomic E-state index is 5.52. The van der Waals surface area contributed by atoms with E-state index in [1.807, 2.05) is 0 Å². The first-order valence-corrected chi connectivity index (χ1v) is 7.96. The average Bonchev–Trinajstić information content (AvgIpc) is 1.59. The zero-order valence-corrected chi connectivity index (χ0v) is 8.16. The summed E-state index contributed by atoms with van der Waals surface area (Å²) in [6, 6.07) is -1.68. The van der Waals surface area contributed by atoms with Crippen LogP contribution in [0.5, 0.6) is 0 Å². The predicted molar refractivity (Wildman–Crippen MR) is 50.2 cm³/mol. The molecule has 0 heterocycles. The van der Waals surface area contributed by atoms with E-state index in [1.54, 1.807) is 0 Å². The quantitative estimate of drug-likeness (QED) is 0.390. The maximum atomic E-state index is 5.52. The number of hydrogen-bond donors (Lipinski definition) is 0. The van der Waals surface area contributed by atoms with Crippen molar-refractivity contribution < 1.29 is 0 Å². The highest BCUT2D eigenvalue weighted by molar-refractivity contribution is 7.64. The minimum atomic E-state index is -2.35. The van der Waals surface area contributed by atoms with Gasteiger partial charge in [0.2, 0.25) is 0 Å². The summed E-state index contributed by atoms with van der Waals surface area (Å²) in [7, 11) is 0. The standard InChI is InChI=1S/C3H6Cl4Si.CH4/c4-2-1-3-8(5,6)7;/h1-3H2;1H4. The second-order valence-electron chi connectivity index (χ2n) is 1.41. The molecular formula is C4H10Cl4Si. The lowest BCUT2D eigenvalue weighted by Gasteiger charge is -2.03. The Kier molecular flexibility index (Phi) is 8.83. The summed E-state index contributed by atoms with van der Waals surface area (Å²) in [4.78, 5) is 0. The Bertz CT molecular complexity index is 60.1. The highest BCUT2D eigenvalue weighted by Crippen LogP contribution is 2.26. The molecule has 0 aromatic carbocycles. The van der Waals surface area contributed by atoms with E-state index in [1.165, 1.54) is 0 Å². The summed E-state index contributed by atoms with van der Waals surface area (Å²) >= 11 is 21.9. The van der Waals surface area contributed by atoms with Gasteiger partial charge >= 0.3 is 6.00 Å². The summed E-state index contributed by atoms with van der Waals surface area (Å²) in [5.74, 6) is 0.584. The van der Waals surface area contributed by atoms with Gasteiger partial charge in [0.25, 0.3) is 0 Å². The number of hydrogen-bond acceptors (Lipinski definition) is 0. The van der Waals surface area contributed by atoms with Crippen molar-refractivity contribution in [2.45, 2.75) is 19.9 Å². The molecule has 0 N–H and O–H groups in total. The average molecular weight is 228 g/mol. The minimum absolute atomic E-state index is 0. The molecule has 5 heteroatoms. The van der Waals surface area contributed by atoms with E-state index in [0.717, 1.165) is 6.42 Å². The highest BCUT2D eigenvalue weighted by Gasteiger charge is 2.23. The Morgan fingerprint density at radius 1 is 1.11 bits per heavy atom. The van der Waals surface area contributed by atoms with E-state index >= 15 is 0 Å². The van der Waals surface area contributed by atoms with E-state index in [2.05, 4.69) is 0 Å². The van der Waals surface area contributed by atoms with Crippen molar-refractivity contribution >= 4 is 50.8 Å². The molecule has 0 aliphatic heterocycles. The molecule has 0 amide bonds. The van der Waals surface area contributed by atoms with Crippen LogP contribution in [0.25, 0.3) is 0 Å². The van der Waals surface area contributed by atoms with Crippen LogP contribution in [0.1, 0.15) is 13.8 Å². The van der Waals surface area contributed by atoms with Gasteiger partial charge < -0.3 is 0 Å². The van der Waals surface area contributed by atoms with Crippen molar-refractivity contribution in [3.05, 3.63) is 0 Å². The lowest BCUT2D eigenvalue weighted by Crippen LogP contribution is -2.07. The molecule has 0 rings (SSSR count). The molecule has 0 aliphatic carbocycles. The van der Waals surface area contributed by atoms with Gasteiger partial charge in [-0.3, -0.25) is 0 Å². The van der Waals surface area contributed by atoms with Crippen molar-refractivity contribution in [3.8, 4) is 0 Å². The van der Waals surface area contributed by atoms with Crippen LogP contribution >= 0.6 is 44.8 Å². The summed E-state index contributed by atoms with van der Waals surface area (Å²) in [6.07, 6.45) is 0.810. The van der Waals surface area contributed by atoms with Crippen molar-refractivity contribution in [3.63, 3.8) is 0 Å². The second kappa shape index (κ2) is 6.11. The third kappa shape index (κ3) is 12.5. The molecule has 0 radical (unpaired) electrons. The van der Waals surface area contributed by atoms with Gasteiger partial charge in [-0.2, -0.15) is 0 Å². The van der Waals surface area contributed by atoms with Crippen LogP contribution < -0.4 is 0 Å². The predicted octanol–water partition coefficient (Wildman–Crippen LogP) is 3.91. The van der Waals surface area contributed by atoms with Gasteiger partial charge in [-0.1, -0.05) is 7.43 Å². The van der Waals surface area contributed by atoms with Crippen LogP contribution in [-0.4, -0.2) is 11.9 Å². The van der Waals surface area contributed by atoms with Gasteiger partial charge in [0.1, 0.15) is 0 Å². The first kappa shape index (κ1) is 13.0. The van der Waals surface area contributed by atoms with Gasteiger partial charge in [-0.05, 0) is 12.5 Å². The van der Waals surface area contributed by atoms with E-state index in [4.69, 9.17) is 44.8 Å². The Labute approximate surface area is 76.6 Å². The molecule has 0 unspecified atom stereocenters. The number of alkyl halides is 1. The third-order valence-corrected chi connectivity index (χ3v) is 3.48. The molecule has 0 spiro atoms. The van der Waals surface area contributed by atoms with Crippen LogP contribution in [0.15, 0.2) is 0 Å². The molecule has 0 aromatic heterocycles. The van der Waals surface area contributed by atoms with Crippen LogP contribution in [0.3, 0.4) is 0 Å². The summed E-state index contributed by atoms with van der Waals surface area (Å²) < 4.78 is 0. The lowest BCUT2D eigenvalue weighted by molar-refractivity contribution is 1.08. The first-order valence-electron chi connectivity index (χ1n) is 2.19. The normalized spacial score (nSPS) is 10.7. The molecule has 0 atom stereocenters. The fourth-order valence-corrected chi connectivity index (χ4v) is 2.41. The zero-order valence-electron chi connectivity index (χ0n) is 4.13. The Morgan fingerprint density at radius 3 is 1.67 bits per heavy atom. The topological polar surface area (TPSA) is 0 Å². The van der Waals surface area contributed by atoms with Crippen LogP contribution in [0.4, 0.5) is 0 Å². The Morgan fingerprint density at radius 2 is 1.56 bits per heavy atom. The third-order valence-electron chi connectivity index (χ3n) is 0.594. The largest absolute Gasteiger partial charge is 0.341 e. The van der Waals surface area contributed by atoms with Gasteiger partial charge in [-0.15, -0.1) is 44.8 Å². The van der Waals surface area contributed by atoms with Gasteiger partial charge in [0.15, 0.2) is 0 Å². The van der Waals surface area contributed by atoms with Gasteiger partial charge in [0.05, 0.1) is 0 Å². The summed E-state index contributed by atoms with van der Waals surface area (Å²) in [5.41, 5.74) is 0. The van der Waals surface area contributed by atoms with Crippen molar-refractivity contribution in [1.82, 2.24) is 0 Å². The molecule has 0 aromatic rings. The summed E-state index contributed by atoms with van der Waals surface area (Å²) in [5, 5.41) is 0. The molecule has 0 aliphatic rings. The molecule has 9 heavy (non-hydrogen) atoms. The Hall–Kier alpha value is 1.38. The number of halogens is 4. The molecule has 0 nitrogen and oxygen atoms in total. The molecular weight excluding hydrogens is 218 g/mol. The lowest BCUT2D eigenvalue weighted by atomic mass is 10.6. The maximum Gasteiger partial charge on any atom is 0.341 e. The van der Waals surface area contributed by atoms with E-state index in [0.29, 0.717) is 11.9 Å². The monoisotopic (exact) mass is 226 g/mol. The summed E-state index contributed by atoms with van der Waals surface area (Å²) in [6.45, 7) is 0. The molecule has 0 bridgehead atoms. The molecule has 0 saturated carbocycles. The van der Waals surface area contributed by atoms with E-state index in [9.17, 15) is 0 Å².